The number of nitrogens with one attached hydrogen (secondary N) is 1. The molecule has 0 radical (unpaired) electrons. The second-order valence-corrected chi connectivity index (χ2v) is 8.53. The second kappa shape index (κ2) is 8.14. The predicted molar refractivity (Wildman–Crippen MR) is 111 cm³/mol. The molecule has 1 N–H and O–H groups in total. The van der Waals surface area contributed by atoms with Gasteiger partial charge in [0.15, 0.2) is 0 Å². The summed E-state index contributed by atoms with van der Waals surface area (Å²) in [6, 6.07) is 14.5. The zero-order valence-corrected chi connectivity index (χ0v) is 16.9. The Bertz CT molecular complexity index is 867. The van der Waals surface area contributed by atoms with Crippen molar-refractivity contribution in [3.63, 3.8) is 0 Å². The zero-order valence-electron chi connectivity index (χ0n) is 15.4. The highest BCUT2D eigenvalue weighted by Crippen LogP contribution is 2.47. The predicted octanol–water partition coefficient (Wildman–Crippen LogP) is 5.53. The number of hydrogen-bond donors (Lipinski definition) is 1. The van der Waals surface area contributed by atoms with Crippen molar-refractivity contribution in [2.75, 3.05) is 0 Å². The molecule has 0 aromatic heterocycles. The number of urea groups is 1. The minimum absolute atomic E-state index is 0.131. The van der Waals surface area contributed by atoms with Gasteiger partial charge < -0.3 is 4.90 Å². The van der Waals surface area contributed by atoms with E-state index in [2.05, 4.69) is 5.32 Å². The molecule has 2 bridgehead atoms. The van der Waals surface area contributed by atoms with Gasteiger partial charge in [-0.25, -0.2) is 4.79 Å². The molecule has 0 spiro atoms. The van der Waals surface area contributed by atoms with E-state index in [9.17, 15) is 9.59 Å². The first-order valence-electron chi connectivity index (χ1n) is 9.63. The fourth-order valence-corrected chi connectivity index (χ4v) is 5.23. The third-order valence-electron chi connectivity index (χ3n) is 5.97. The minimum atomic E-state index is -0.568. The average molecular weight is 417 g/mol. The summed E-state index contributed by atoms with van der Waals surface area (Å²) in [6.45, 7) is 0.476. The highest BCUT2D eigenvalue weighted by molar-refractivity contribution is 6.40. The molecule has 2 aliphatic carbocycles. The summed E-state index contributed by atoms with van der Waals surface area (Å²) < 4.78 is 0. The fraction of sp³-hybridized carbons (Fsp3) is 0.364. The normalized spacial score (nSPS) is 22.9. The van der Waals surface area contributed by atoms with Gasteiger partial charge in [0.25, 0.3) is 5.91 Å². The lowest BCUT2D eigenvalue weighted by Crippen LogP contribution is -2.49. The highest BCUT2D eigenvalue weighted by Gasteiger charge is 2.44. The zero-order chi connectivity index (χ0) is 19.7. The summed E-state index contributed by atoms with van der Waals surface area (Å²) in [7, 11) is 0. The molecule has 3 unspecified atom stereocenters. The van der Waals surface area contributed by atoms with E-state index in [1.54, 1.807) is 18.2 Å². The van der Waals surface area contributed by atoms with Crippen LogP contribution in [0.4, 0.5) is 4.79 Å². The van der Waals surface area contributed by atoms with Crippen molar-refractivity contribution < 1.29 is 9.59 Å². The summed E-state index contributed by atoms with van der Waals surface area (Å²) in [5.74, 6) is 0.634. The Kier molecular flexibility index (Phi) is 5.61. The minimum Gasteiger partial charge on any atom is -0.317 e. The number of carbonyl (C=O) groups excluding carboxylic acids is 2. The van der Waals surface area contributed by atoms with Gasteiger partial charge in [-0.1, -0.05) is 66.0 Å². The Morgan fingerprint density at radius 3 is 2.29 bits per heavy atom. The summed E-state index contributed by atoms with van der Waals surface area (Å²) in [5, 5.41) is 2.97. The van der Waals surface area contributed by atoms with Crippen LogP contribution in [0.3, 0.4) is 0 Å². The largest absolute Gasteiger partial charge is 0.324 e. The molecule has 146 valence electrons. The maximum Gasteiger partial charge on any atom is 0.324 e. The Balaban J connectivity index is 1.55. The molecule has 4 rings (SSSR count). The number of amides is 3. The fourth-order valence-electron chi connectivity index (χ4n) is 4.66. The molecule has 3 amide bonds. The molecule has 3 atom stereocenters. The first-order valence-corrected chi connectivity index (χ1v) is 10.4. The number of benzene rings is 2. The molecule has 4 nitrogen and oxygen atoms in total. The van der Waals surface area contributed by atoms with Crippen LogP contribution in [0.25, 0.3) is 0 Å². The Morgan fingerprint density at radius 1 is 0.964 bits per heavy atom. The average Bonchev–Trinajstić information content (AvgIpc) is 3.30. The number of nitrogens with zero attached hydrogens (tertiary/aromatic N) is 1. The molecule has 2 aliphatic rings. The molecule has 0 heterocycles. The lowest BCUT2D eigenvalue weighted by Gasteiger charge is -2.34. The third-order valence-corrected chi connectivity index (χ3v) is 6.60. The summed E-state index contributed by atoms with van der Waals surface area (Å²) in [5.41, 5.74) is 1.18. The number of fused-ring (bicyclic) bond motifs is 2. The van der Waals surface area contributed by atoms with E-state index in [1.165, 1.54) is 12.8 Å². The standard InChI is InChI=1S/C22H22Cl2N2O2/c23-17-7-4-8-18(24)20(17)21(27)25-22(28)26(13-14-5-2-1-3-6-14)19-12-15-9-10-16(19)11-15/h1-8,15-16,19H,9-13H2,(H,25,27,28). The first-order chi connectivity index (χ1) is 13.5. The van der Waals surface area contributed by atoms with Gasteiger partial charge in [-0.2, -0.15) is 0 Å². The van der Waals surface area contributed by atoms with E-state index < -0.39 is 5.91 Å². The molecular formula is C22H22Cl2N2O2. The van der Waals surface area contributed by atoms with Crippen LogP contribution < -0.4 is 5.32 Å². The van der Waals surface area contributed by atoms with Gasteiger partial charge in [0, 0.05) is 12.6 Å². The molecule has 2 fully saturated rings. The maximum absolute atomic E-state index is 13.1. The SMILES string of the molecule is O=C(NC(=O)N(Cc1ccccc1)C1CC2CCC1C2)c1c(Cl)cccc1Cl. The van der Waals surface area contributed by atoms with Gasteiger partial charge in [-0.05, 0) is 48.8 Å². The van der Waals surface area contributed by atoms with Crippen LogP contribution in [0.15, 0.2) is 48.5 Å². The van der Waals surface area contributed by atoms with Gasteiger partial charge in [-0.3, -0.25) is 10.1 Å². The van der Waals surface area contributed by atoms with Crippen molar-refractivity contribution in [2.24, 2.45) is 11.8 Å². The van der Waals surface area contributed by atoms with E-state index in [0.717, 1.165) is 18.4 Å². The smallest absolute Gasteiger partial charge is 0.317 e. The van der Waals surface area contributed by atoms with Crippen LogP contribution in [0.2, 0.25) is 10.0 Å². The highest BCUT2D eigenvalue weighted by atomic mass is 35.5. The Morgan fingerprint density at radius 2 is 1.68 bits per heavy atom. The Hall–Kier alpha value is -2.04. The van der Waals surface area contributed by atoms with Gasteiger partial charge in [0.2, 0.25) is 0 Å². The van der Waals surface area contributed by atoms with Crippen molar-refractivity contribution >= 4 is 35.1 Å². The van der Waals surface area contributed by atoms with Crippen molar-refractivity contribution in [3.05, 3.63) is 69.7 Å². The van der Waals surface area contributed by atoms with Gasteiger partial charge in [0.05, 0.1) is 15.6 Å². The molecular weight excluding hydrogens is 395 g/mol. The molecule has 2 aromatic rings. The van der Waals surface area contributed by atoms with E-state index in [1.807, 2.05) is 35.2 Å². The van der Waals surface area contributed by atoms with E-state index in [4.69, 9.17) is 23.2 Å². The monoisotopic (exact) mass is 416 g/mol. The van der Waals surface area contributed by atoms with Crippen molar-refractivity contribution in [2.45, 2.75) is 38.3 Å². The summed E-state index contributed by atoms with van der Waals surface area (Å²) in [4.78, 5) is 27.6. The van der Waals surface area contributed by atoms with Gasteiger partial charge >= 0.3 is 6.03 Å². The number of halogens is 2. The first kappa shape index (κ1) is 19.3. The second-order valence-electron chi connectivity index (χ2n) is 7.71. The summed E-state index contributed by atoms with van der Waals surface area (Å²) >= 11 is 12.3. The van der Waals surface area contributed by atoms with Crippen molar-refractivity contribution in [3.8, 4) is 0 Å². The van der Waals surface area contributed by atoms with Crippen LogP contribution in [0.5, 0.6) is 0 Å². The number of imide groups is 1. The van der Waals surface area contributed by atoms with Crippen molar-refractivity contribution in [1.29, 1.82) is 0 Å². The Labute approximate surface area is 174 Å². The quantitative estimate of drug-likeness (QED) is 0.711. The number of carbonyl (C=O) groups is 2. The molecule has 28 heavy (non-hydrogen) atoms. The van der Waals surface area contributed by atoms with Gasteiger partial charge in [-0.15, -0.1) is 0 Å². The third kappa shape index (κ3) is 3.89. The van der Waals surface area contributed by atoms with E-state index >= 15 is 0 Å². The summed E-state index contributed by atoms with van der Waals surface area (Å²) in [6.07, 6.45) is 4.58. The van der Waals surface area contributed by atoms with Crippen molar-refractivity contribution in [1.82, 2.24) is 10.2 Å². The number of hydrogen-bond acceptors (Lipinski definition) is 2. The topological polar surface area (TPSA) is 49.4 Å². The molecule has 2 saturated carbocycles. The molecule has 0 saturated heterocycles. The van der Waals surface area contributed by atoms with Crippen LogP contribution in [0, 0.1) is 11.8 Å². The van der Waals surface area contributed by atoms with Gasteiger partial charge in [0.1, 0.15) is 0 Å². The van der Waals surface area contributed by atoms with Crippen LogP contribution in [0.1, 0.15) is 41.6 Å². The van der Waals surface area contributed by atoms with Crippen LogP contribution in [-0.2, 0) is 6.54 Å². The maximum atomic E-state index is 13.1. The van der Waals surface area contributed by atoms with Crippen LogP contribution >= 0.6 is 23.2 Å². The van der Waals surface area contributed by atoms with E-state index in [0.29, 0.717) is 18.4 Å². The number of rotatable bonds is 4. The molecule has 6 heteroatoms. The lowest BCUT2D eigenvalue weighted by molar-refractivity contribution is 0.0929. The van der Waals surface area contributed by atoms with E-state index in [-0.39, 0.29) is 27.7 Å². The lowest BCUT2D eigenvalue weighted by atomic mass is 9.94. The molecule has 2 aromatic carbocycles. The van der Waals surface area contributed by atoms with Crippen LogP contribution in [-0.4, -0.2) is 22.9 Å². The molecule has 0 aliphatic heterocycles.